The summed E-state index contributed by atoms with van der Waals surface area (Å²) < 4.78 is 13.0. The Hall–Kier alpha value is -2.14. The number of non-ortho nitro benzene ring substituents is 1. The van der Waals surface area contributed by atoms with Gasteiger partial charge in [0.2, 0.25) is 0 Å². The molecule has 0 aliphatic rings. The highest BCUT2D eigenvalue weighted by atomic mass is 35.5. The molecule has 0 saturated carbocycles. The van der Waals surface area contributed by atoms with Crippen molar-refractivity contribution in [3.63, 3.8) is 0 Å². The third kappa shape index (κ3) is 3.00. The predicted molar refractivity (Wildman–Crippen MR) is 72.5 cm³/mol. The van der Waals surface area contributed by atoms with Crippen LogP contribution in [-0.2, 0) is 0 Å². The lowest BCUT2D eigenvalue weighted by Gasteiger charge is -2.09. The normalized spacial score (nSPS) is 10.3. The Morgan fingerprint density at radius 3 is 2.58 bits per heavy atom. The molecule has 0 spiro atoms. The van der Waals surface area contributed by atoms with E-state index in [0.29, 0.717) is 11.4 Å². The van der Waals surface area contributed by atoms with Crippen LogP contribution in [0.5, 0.6) is 0 Å². The van der Waals surface area contributed by atoms with Gasteiger partial charge < -0.3 is 5.32 Å². The average molecular weight is 281 g/mol. The van der Waals surface area contributed by atoms with E-state index in [0.717, 1.165) is 5.56 Å². The van der Waals surface area contributed by atoms with Gasteiger partial charge in [0.15, 0.2) is 0 Å². The first-order valence-electron chi connectivity index (χ1n) is 5.44. The van der Waals surface area contributed by atoms with E-state index >= 15 is 0 Å². The van der Waals surface area contributed by atoms with E-state index in [4.69, 9.17) is 11.6 Å². The van der Waals surface area contributed by atoms with Gasteiger partial charge in [0.05, 0.1) is 9.95 Å². The number of nitro groups is 1. The molecule has 0 aliphatic carbocycles. The Morgan fingerprint density at radius 1 is 1.26 bits per heavy atom. The van der Waals surface area contributed by atoms with E-state index in [1.165, 1.54) is 24.3 Å². The summed E-state index contributed by atoms with van der Waals surface area (Å²) in [5.74, 6) is -0.493. The number of nitrogens with one attached hydrogen (secondary N) is 1. The van der Waals surface area contributed by atoms with Gasteiger partial charge in [-0.25, -0.2) is 4.39 Å². The Labute approximate surface area is 114 Å². The zero-order chi connectivity index (χ0) is 14.0. The molecule has 2 rings (SSSR count). The number of aryl methyl sites for hydroxylation is 1. The number of rotatable bonds is 3. The van der Waals surface area contributed by atoms with Gasteiger partial charge >= 0.3 is 0 Å². The summed E-state index contributed by atoms with van der Waals surface area (Å²) in [5, 5.41) is 13.7. The van der Waals surface area contributed by atoms with Gasteiger partial charge in [-0.15, -0.1) is 0 Å². The first kappa shape index (κ1) is 13.3. The van der Waals surface area contributed by atoms with Crippen molar-refractivity contribution >= 4 is 28.7 Å². The van der Waals surface area contributed by atoms with Crippen LogP contribution in [0.2, 0.25) is 5.02 Å². The molecule has 0 aliphatic heterocycles. The summed E-state index contributed by atoms with van der Waals surface area (Å²) in [6.45, 7) is 1.75. The van der Waals surface area contributed by atoms with Crippen molar-refractivity contribution in [3.8, 4) is 0 Å². The lowest BCUT2D eigenvalue weighted by atomic mass is 10.1. The topological polar surface area (TPSA) is 55.2 Å². The third-order valence-electron chi connectivity index (χ3n) is 2.62. The molecule has 1 N–H and O–H groups in total. The number of hydrogen-bond acceptors (Lipinski definition) is 3. The Bertz CT molecular complexity index is 647. The zero-order valence-corrected chi connectivity index (χ0v) is 10.7. The van der Waals surface area contributed by atoms with Crippen molar-refractivity contribution < 1.29 is 9.31 Å². The van der Waals surface area contributed by atoms with Crippen LogP contribution in [0.3, 0.4) is 0 Å². The molecule has 4 nitrogen and oxygen atoms in total. The first-order chi connectivity index (χ1) is 8.97. The number of nitrogens with zero attached hydrogens (tertiary/aromatic N) is 1. The highest BCUT2D eigenvalue weighted by molar-refractivity contribution is 6.31. The molecule has 0 heterocycles. The molecule has 98 valence electrons. The van der Waals surface area contributed by atoms with Crippen LogP contribution >= 0.6 is 11.6 Å². The van der Waals surface area contributed by atoms with Gasteiger partial charge in [-0.3, -0.25) is 10.1 Å². The van der Waals surface area contributed by atoms with Crippen molar-refractivity contribution in [2.45, 2.75) is 6.92 Å². The summed E-state index contributed by atoms with van der Waals surface area (Å²) in [4.78, 5) is 10.2. The Morgan fingerprint density at radius 2 is 2.00 bits per heavy atom. The second kappa shape index (κ2) is 5.24. The van der Waals surface area contributed by atoms with E-state index in [-0.39, 0.29) is 10.7 Å². The van der Waals surface area contributed by atoms with Gasteiger partial charge in [-0.05, 0) is 36.8 Å². The second-order valence-electron chi connectivity index (χ2n) is 4.01. The highest BCUT2D eigenvalue weighted by Crippen LogP contribution is 2.26. The van der Waals surface area contributed by atoms with Crippen LogP contribution in [0.1, 0.15) is 5.56 Å². The Balaban J connectivity index is 2.28. The fourth-order valence-electron chi connectivity index (χ4n) is 1.63. The van der Waals surface area contributed by atoms with Crippen molar-refractivity contribution in [2.75, 3.05) is 5.32 Å². The summed E-state index contributed by atoms with van der Waals surface area (Å²) in [7, 11) is 0. The smallest absolute Gasteiger partial charge is 0.269 e. The molecule has 0 radical (unpaired) electrons. The number of anilines is 2. The van der Waals surface area contributed by atoms with Gasteiger partial charge in [0.1, 0.15) is 5.82 Å². The number of benzene rings is 2. The molecule has 0 aromatic heterocycles. The van der Waals surface area contributed by atoms with Crippen molar-refractivity contribution in [1.29, 1.82) is 0 Å². The van der Waals surface area contributed by atoms with Crippen LogP contribution in [0, 0.1) is 22.9 Å². The van der Waals surface area contributed by atoms with Crippen molar-refractivity contribution in [2.24, 2.45) is 0 Å². The molecule has 19 heavy (non-hydrogen) atoms. The SMILES string of the molecule is Cc1cc([N+](=O)[O-])ccc1Nc1ccc(F)c(Cl)c1. The van der Waals surface area contributed by atoms with E-state index in [1.54, 1.807) is 19.1 Å². The molecule has 0 unspecified atom stereocenters. The minimum absolute atomic E-state index is 0.0181. The van der Waals surface area contributed by atoms with E-state index < -0.39 is 10.7 Å². The fraction of sp³-hybridized carbons (Fsp3) is 0.0769. The average Bonchev–Trinajstić information content (AvgIpc) is 2.36. The molecule has 2 aromatic rings. The van der Waals surface area contributed by atoms with E-state index in [9.17, 15) is 14.5 Å². The minimum Gasteiger partial charge on any atom is -0.355 e. The lowest BCUT2D eigenvalue weighted by molar-refractivity contribution is -0.384. The zero-order valence-electron chi connectivity index (χ0n) is 9.98. The molecule has 6 heteroatoms. The molecular formula is C13H10ClFN2O2. The van der Waals surface area contributed by atoms with E-state index in [1.807, 2.05) is 0 Å². The molecule has 0 bridgehead atoms. The van der Waals surface area contributed by atoms with E-state index in [2.05, 4.69) is 5.32 Å². The minimum atomic E-state index is -0.493. The predicted octanol–water partition coefficient (Wildman–Crippen LogP) is 4.44. The quantitative estimate of drug-likeness (QED) is 0.668. The Kier molecular flexibility index (Phi) is 3.66. The monoisotopic (exact) mass is 280 g/mol. The van der Waals surface area contributed by atoms with Crippen LogP contribution in [0.15, 0.2) is 36.4 Å². The molecule has 0 saturated heterocycles. The lowest BCUT2D eigenvalue weighted by Crippen LogP contribution is -1.95. The van der Waals surface area contributed by atoms with Gasteiger partial charge in [-0.1, -0.05) is 11.6 Å². The summed E-state index contributed by atoms with van der Waals surface area (Å²) in [5.41, 5.74) is 2.06. The third-order valence-corrected chi connectivity index (χ3v) is 2.91. The molecule has 0 atom stereocenters. The summed E-state index contributed by atoms with van der Waals surface area (Å²) >= 11 is 5.68. The molecule has 0 amide bonds. The maximum atomic E-state index is 13.0. The standard InChI is InChI=1S/C13H10ClFN2O2/c1-8-6-10(17(18)19)3-5-13(8)16-9-2-4-12(15)11(14)7-9/h2-7,16H,1H3. The van der Waals surface area contributed by atoms with Crippen molar-refractivity contribution in [3.05, 3.63) is 62.9 Å². The van der Waals surface area contributed by atoms with Crippen LogP contribution < -0.4 is 5.32 Å². The van der Waals surface area contributed by atoms with Crippen LogP contribution in [0.25, 0.3) is 0 Å². The first-order valence-corrected chi connectivity index (χ1v) is 5.82. The summed E-state index contributed by atoms with van der Waals surface area (Å²) in [6, 6.07) is 8.73. The van der Waals surface area contributed by atoms with Gasteiger partial charge in [0, 0.05) is 23.5 Å². The largest absolute Gasteiger partial charge is 0.355 e. The maximum absolute atomic E-state index is 13.0. The van der Waals surface area contributed by atoms with Crippen molar-refractivity contribution in [1.82, 2.24) is 0 Å². The van der Waals surface area contributed by atoms with Crippen LogP contribution in [-0.4, -0.2) is 4.92 Å². The highest BCUT2D eigenvalue weighted by Gasteiger charge is 2.08. The molecule has 2 aromatic carbocycles. The number of halogens is 2. The van der Waals surface area contributed by atoms with Gasteiger partial charge in [0.25, 0.3) is 5.69 Å². The second-order valence-corrected chi connectivity index (χ2v) is 4.42. The summed E-state index contributed by atoms with van der Waals surface area (Å²) in [6.07, 6.45) is 0. The maximum Gasteiger partial charge on any atom is 0.269 e. The van der Waals surface area contributed by atoms with Gasteiger partial charge in [-0.2, -0.15) is 0 Å². The number of nitro benzene ring substituents is 1. The molecule has 0 fully saturated rings. The molecular weight excluding hydrogens is 271 g/mol. The van der Waals surface area contributed by atoms with Crippen LogP contribution in [0.4, 0.5) is 21.5 Å². The fourth-order valence-corrected chi connectivity index (χ4v) is 1.81. The number of hydrogen-bond donors (Lipinski definition) is 1.